The SMILES string of the molecule is CC(C)C1(O)CC1. The van der Waals surface area contributed by atoms with Gasteiger partial charge in [0.2, 0.25) is 0 Å². The van der Waals surface area contributed by atoms with E-state index in [4.69, 9.17) is 0 Å². The molecule has 0 unspecified atom stereocenters. The summed E-state index contributed by atoms with van der Waals surface area (Å²) in [4.78, 5) is 0. The zero-order valence-electron chi connectivity index (χ0n) is 4.94. The molecule has 1 saturated carbocycles. The van der Waals surface area contributed by atoms with Crippen molar-refractivity contribution in [3.8, 4) is 0 Å². The largest absolute Gasteiger partial charge is 0.390 e. The summed E-state index contributed by atoms with van der Waals surface area (Å²) in [6, 6.07) is 0. The Morgan fingerprint density at radius 2 is 1.86 bits per heavy atom. The van der Waals surface area contributed by atoms with Crippen LogP contribution in [0.25, 0.3) is 0 Å². The van der Waals surface area contributed by atoms with Crippen LogP contribution in [0.3, 0.4) is 0 Å². The number of rotatable bonds is 1. The predicted molar refractivity (Wildman–Crippen MR) is 29.0 cm³/mol. The normalized spacial score (nSPS) is 25.7. The highest BCUT2D eigenvalue weighted by Gasteiger charge is 2.42. The monoisotopic (exact) mass is 100 g/mol. The van der Waals surface area contributed by atoms with Crippen molar-refractivity contribution in [3.05, 3.63) is 0 Å². The summed E-state index contributed by atoms with van der Waals surface area (Å²) in [5.41, 5.74) is -0.250. The van der Waals surface area contributed by atoms with Gasteiger partial charge in [-0.05, 0) is 18.8 Å². The maximum absolute atomic E-state index is 9.21. The lowest BCUT2D eigenvalue weighted by molar-refractivity contribution is 0.0996. The van der Waals surface area contributed by atoms with E-state index in [9.17, 15) is 5.11 Å². The minimum absolute atomic E-state index is 0.250. The second-order valence-electron chi connectivity index (χ2n) is 2.76. The molecular weight excluding hydrogens is 88.1 g/mol. The number of aliphatic hydroxyl groups is 1. The number of hydrogen-bond acceptors (Lipinski definition) is 1. The predicted octanol–water partition coefficient (Wildman–Crippen LogP) is 1.17. The van der Waals surface area contributed by atoms with Gasteiger partial charge in [-0.25, -0.2) is 0 Å². The Bertz CT molecular complexity index is 72.2. The van der Waals surface area contributed by atoms with Gasteiger partial charge in [-0.2, -0.15) is 0 Å². The maximum Gasteiger partial charge on any atom is 0.0672 e. The van der Waals surface area contributed by atoms with Crippen molar-refractivity contribution in [2.75, 3.05) is 0 Å². The zero-order chi connectivity index (χ0) is 5.49. The average molecular weight is 100 g/mol. The second kappa shape index (κ2) is 1.22. The molecule has 1 rings (SSSR count). The van der Waals surface area contributed by atoms with Crippen LogP contribution in [-0.2, 0) is 0 Å². The van der Waals surface area contributed by atoms with Gasteiger partial charge < -0.3 is 5.11 Å². The summed E-state index contributed by atoms with van der Waals surface area (Å²) in [5.74, 6) is 0.465. The molecule has 0 radical (unpaired) electrons. The molecule has 0 aromatic rings. The Kier molecular flexibility index (Phi) is 0.890. The van der Waals surface area contributed by atoms with Gasteiger partial charge >= 0.3 is 0 Å². The Balaban J connectivity index is 2.39. The third-order valence-corrected chi connectivity index (χ3v) is 1.84. The van der Waals surface area contributed by atoms with Crippen LogP contribution in [-0.4, -0.2) is 10.7 Å². The molecule has 42 valence electrons. The molecule has 7 heavy (non-hydrogen) atoms. The van der Waals surface area contributed by atoms with Crippen molar-refractivity contribution in [2.24, 2.45) is 5.92 Å². The fraction of sp³-hybridized carbons (Fsp3) is 1.00. The van der Waals surface area contributed by atoms with E-state index in [0.29, 0.717) is 5.92 Å². The van der Waals surface area contributed by atoms with E-state index < -0.39 is 0 Å². The molecule has 0 aromatic carbocycles. The molecule has 1 nitrogen and oxygen atoms in total. The van der Waals surface area contributed by atoms with E-state index in [1.54, 1.807) is 0 Å². The summed E-state index contributed by atoms with van der Waals surface area (Å²) in [6.45, 7) is 4.12. The first-order valence-electron chi connectivity index (χ1n) is 2.87. The van der Waals surface area contributed by atoms with Gasteiger partial charge in [0.1, 0.15) is 0 Å². The summed E-state index contributed by atoms with van der Waals surface area (Å²) >= 11 is 0. The molecule has 1 fully saturated rings. The fourth-order valence-electron chi connectivity index (χ4n) is 0.705. The van der Waals surface area contributed by atoms with Crippen LogP contribution in [0, 0.1) is 5.92 Å². The topological polar surface area (TPSA) is 20.2 Å². The minimum atomic E-state index is -0.250. The molecule has 0 atom stereocenters. The van der Waals surface area contributed by atoms with Crippen LogP contribution >= 0.6 is 0 Å². The Labute approximate surface area is 44.4 Å². The minimum Gasteiger partial charge on any atom is -0.390 e. The lowest BCUT2D eigenvalue weighted by Gasteiger charge is -2.09. The van der Waals surface area contributed by atoms with Crippen molar-refractivity contribution in [1.29, 1.82) is 0 Å². The standard InChI is InChI=1S/C6H12O/c1-5(2)6(7)3-4-6/h5,7H,3-4H2,1-2H3. The molecule has 1 aliphatic rings. The summed E-state index contributed by atoms with van der Waals surface area (Å²) in [7, 11) is 0. The lowest BCUT2D eigenvalue weighted by atomic mass is 10.1. The first-order valence-corrected chi connectivity index (χ1v) is 2.87. The van der Waals surface area contributed by atoms with Crippen molar-refractivity contribution < 1.29 is 5.11 Å². The van der Waals surface area contributed by atoms with E-state index in [2.05, 4.69) is 13.8 Å². The maximum atomic E-state index is 9.21. The van der Waals surface area contributed by atoms with E-state index in [1.807, 2.05) is 0 Å². The third kappa shape index (κ3) is 0.778. The molecule has 0 spiro atoms. The Morgan fingerprint density at radius 1 is 1.43 bits per heavy atom. The van der Waals surface area contributed by atoms with Crippen LogP contribution in [0.15, 0.2) is 0 Å². The van der Waals surface area contributed by atoms with Crippen molar-refractivity contribution in [2.45, 2.75) is 32.3 Å². The van der Waals surface area contributed by atoms with Gasteiger partial charge in [-0.3, -0.25) is 0 Å². The summed E-state index contributed by atoms with van der Waals surface area (Å²) in [6.07, 6.45) is 2.04. The average Bonchev–Trinajstić information content (AvgIpc) is 2.21. The van der Waals surface area contributed by atoms with Crippen molar-refractivity contribution >= 4 is 0 Å². The Morgan fingerprint density at radius 3 is 1.86 bits per heavy atom. The summed E-state index contributed by atoms with van der Waals surface area (Å²) < 4.78 is 0. The molecule has 0 aromatic heterocycles. The van der Waals surface area contributed by atoms with E-state index >= 15 is 0 Å². The van der Waals surface area contributed by atoms with Gasteiger partial charge in [0.25, 0.3) is 0 Å². The van der Waals surface area contributed by atoms with Crippen molar-refractivity contribution in [1.82, 2.24) is 0 Å². The highest BCUT2D eigenvalue weighted by Crippen LogP contribution is 2.41. The molecule has 0 bridgehead atoms. The van der Waals surface area contributed by atoms with Crippen LogP contribution in [0.2, 0.25) is 0 Å². The highest BCUT2D eigenvalue weighted by molar-refractivity contribution is 4.95. The van der Waals surface area contributed by atoms with Crippen LogP contribution in [0.4, 0.5) is 0 Å². The first-order chi connectivity index (χ1) is 3.15. The van der Waals surface area contributed by atoms with Crippen LogP contribution < -0.4 is 0 Å². The molecule has 1 aliphatic carbocycles. The first kappa shape index (κ1) is 5.10. The molecule has 0 amide bonds. The molecular formula is C6H12O. The highest BCUT2D eigenvalue weighted by atomic mass is 16.3. The van der Waals surface area contributed by atoms with Gasteiger partial charge in [-0.1, -0.05) is 13.8 Å². The fourth-order valence-corrected chi connectivity index (χ4v) is 0.705. The molecule has 0 aliphatic heterocycles. The van der Waals surface area contributed by atoms with E-state index in [-0.39, 0.29) is 5.60 Å². The quantitative estimate of drug-likeness (QED) is 0.524. The second-order valence-corrected chi connectivity index (χ2v) is 2.76. The van der Waals surface area contributed by atoms with Crippen LogP contribution in [0.5, 0.6) is 0 Å². The number of hydrogen-bond donors (Lipinski definition) is 1. The van der Waals surface area contributed by atoms with E-state index in [1.165, 1.54) is 0 Å². The van der Waals surface area contributed by atoms with Crippen LogP contribution in [0.1, 0.15) is 26.7 Å². The Hall–Kier alpha value is -0.0400. The van der Waals surface area contributed by atoms with Gasteiger partial charge in [0.05, 0.1) is 5.60 Å². The third-order valence-electron chi connectivity index (χ3n) is 1.84. The summed E-state index contributed by atoms with van der Waals surface area (Å²) in [5, 5.41) is 9.21. The zero-order valence-corrected chi connectivity index (χ0v) is 4.94. The van der Waals surface area contributed by atoms with Gasteiger partial charge in [0.15, 0.2) is 0 Å². The molecule has 0 saturated heterocycles. The van der Waals surface area contributed by atoms with Gasteiger partial charge in [0, 0.05) is 0 Å². The van der Waals surface area contributed by atoms with Gasteiger partial charge in [-0.15, -0.1) is 0 Å². The molecule has 1 N–H and O–H groups in total. The molecule has 0 heterocycles. The lowest BCUT2D eigenvalue weighted by Crippen LogP contribution is -2.14. The van der Waals surface area contributed by atoms with E-state index in [0.717, 1.165) is 12.8 Å². The molecule has 1 heteroatoms. The smallest absolute Gasteiger partial charge is 0.0672 e. The van der Waals surface area contributed by atoms with Crippen molar-refractivity contribution in [3.63, 3.8) is 0 Å².